The van der Waals surface area contributed by atoms with Crippen LogP contribution in [0.15, 0.2) is 23.0 Å². The Kier molecular flexibility index (Phi) is 4.48. The maximum absolute atomic E-state index is 13.1. The second-order valence-electron chi connectivity index (χ2n) is 5.99. The summed E-state index contributed by atoms with van der Waals surface area (Å²) in [7, 11) is 0. The summed E-state index contributed by atoms with van der Waals surface area (Å²) >= 11 is 6.56. The van der Waals surface area contributed by atoms with Crippen LogP contribution in [0.25, 0.3) is 10.2 Å². The maximum Gasteiger partial charge on any atom is 0.348 e. The van der Waals surface area contributed by atoms with Gasteiger partial charge in [0, 0.05) is 0 Å². The van der Waals surface area contributed by atoms with Crippen LogP contribution < -0.4 is 15.0 Å². The van der Waals surface area contributed by atoms with Gasteiger partial charge in [-0.05, 0) is 49.3 Å². The van der Waals surface area contributed by atoms with Gasteiger partial charge in [0.1, 0.15) is 9.71 Å². The van der Waals surface area contributed by atoms with Crippen LogP contribution in [-0.4, -0.2) is 28.9 Å². The van der Waals surface area contributed by atoms with Crippen molar-refractivity contribution in [2.75, 3.05) is 13.4 Å². The number of hydrogen-bond acceptors (Lipinski definition) is 7. The molecule has 0 saturated heterocycles. The molecule has 1 aliphatic rings. The third kappa shape index (κ3) is 3.02. The smallest absolute Gasteiger partial charge is 0.348 e. The Morgan fingerprint density at radius 2 is 2.15 bits per heavy atom. The van der Waals surface area contributed by atoms with Gasteiger partial charge in [-0.1, -0.05) is 6.07 Å². The molecule has 0 bridgehead atoms. The van der Waals surface area contributed by atoms with Crippen molar-refractivity contribution >= 4 is 39.7 Å². The van der Waals surface area contributed by atoms with E-state index in [0.29, 0.717) is 36.9 Å². The van der Waals surface area contributed by atoms with Crippen molar-refractivity contribution in [1.29, 1.82) is 0 Å². The first kappa shape index (κ1) is 17.7. The third-order valence-corrected chi connectivity index (χ3v) is 5.82. The molecule has 0 spiro atoms. The largest absolute Gasteiger partial charge is 0.462 e. The number of esters is 1. The molecule has 0 radical (unpaired) electrons. The Balaban J connectivity index is 1.80. The van der Waals surface area contributed by atoms with Gasteiger partial charge in [-0.25, -0.2) is 4.79 Å². The van der Waals surface area contributed by atoms with E-state index >= 15 is 0 Å². The number of thiophene rings is 1. The lowest BCUT2D eigenvalue weighted by Gasteiger charge is -2.08. The summed E-state index contributed by atoms with van der Waals surface area (Å²) in [6, 6.07) is 5.50. The van der Waals surface area contributed by atoms with Gasteiger partial charge in [-0.2, -0.15) is 0 Å². The number of aryl methyl sites for hydroxylation is 1. The summed E-state index contributed by atoms with van der Waals surface area (Å²) in [5.74, 6) is 0.893. The van der Waals surface area contributed by atoms with Gasteiger partial charge in [-0.15, -0.1) is 11.3 Å². The number of fused-ring (bicyclic) bond motifs is 2. The van der Waals surface area contributed by atoms with E-state index in [1.165, 1.54) is 15.9 Å². The number of aromatic nitrogens is 2. The van der Waals surface area contributed by atoms with Gasteiger partial charge in [-0.3, -0.25) is 9.36 Å². The van der Waals surface area contributed by atoms with E-state index in [1.807, 2.05) is 18.2 Å². The Bertz CT molecular complexity index is 1170. The fraction of sp³-hybridized carbons (Fsp3) is 0.278. The summed E-state index contributed by atoms with van der Waals surface area (Å²) in [5.41, 5.74) is 1.22. The van der Waals surface area contributed by atoms with Crippen molar-refractivity contribution in [2.45, 2.75) is 20.4 Å². The average Bonchev–Trinajstić information content (AvgIpc) is 3.22. The summed E-state index contributed by atoms with van der Waals surface area (Å²) < 4.78 is 17.5. The van der Waals surface area contributed by atoms with E-state index < -0.39 is 5.97 Å². The highest BCUT2D eigenvalue weighted by Crippen LogP contribution is 2.33. The van der Waals surface area contributed by atoms with Crippen LogP contribution in [-0.2, 0) is 11.3 Å². The first-order chi connectivity index (χ1) is 13.0. The average molecular weight is 404 g/mol. The number of aromatic amines is 1. The number of carbonyl (C=O) groups is 1. The molecule has 0 unspecified atom stereocenters. The van der Waals surface area contributed by atoms with E-state index in [-0.39, 0.29) is 25.5 Å². The molecule has 0 atom stereocenters. The van der Waals surface area contributed by atoms with Crippen LogP contribution in [0.2, 0.25) is 0 Å². The molecule has 1 aromatic carbocycles. The van der Waals surface area contributed by atoms with Crippen LogP contribution in [0.4, 0.5) is 0 Å². The number of benzene rings is 1. The van der Waals surface area contributed by atoms with Crippen LogP contribution in [0.5, 0.6) is 11.5 Å². The number of H-pyrrole nitrogens is 1. The molecule has 4 rings (SSSR count). The zero-order valence-electron chi connectivity index (χ0n) is 14.7. The minimum absolute atomic E-state index is 0.190. The molecule has 0 amide bonds. The Morgan fingerprint density at radius 1 is 1.37 bits per heavy atom. The third-order valence-electron chi connectivity index (χ3n) is 4.31. The first-order valence-corrected chi connectivity index (χ1v) is 9.54. The second-order valence-corrected chi connectivity index (χ2v) is 7.40. The van der Waals surface area contributed by atoms with Crippen molar-refractivity contribution in [3.63, 3.8) is 0 Å². The molecule has 9 heteroatoms. The molecule has 1 aliphatic heterocycles. The van der Waals surface area contributed by atoms with Gasteiger partial charge < -0.3 is 19.2 Å². The van der Waals surface area contributed by atoms with E-state index in [0.717, 1.165) is 5.56 Å². The van der Waals surface area contributed by atoms with Crippen molar-refractivity contribution in [2.24, 2.45) is 0 Å². The van der Waals surface area contributed by atoms with Crippen LogP contribution in [0.1, 0.15) is 27.7 Å². The highest BCUT2D eigenvalue weighted by atomic mass is 32.1. The summed E-state index contributed by atoms with van der Waals surface area (Å²) in [6.45, 7) is 4.23. The quantitative estimate of drug-likeness (QED) is 0.530. The molecule has 3 heterocycles. The monoisotopic (exact) mass is 404 g/mol. The fourth-order valence-electron chi connectivity index (χ4n) is 3.01. The summed E-state index contributed by atoms with van der Waals surface area (Å²) in [5, 5.41) is 0.456. The molecular weight excluding hydrogens is 388 g/mol. The zero-order chi connectivity index (χ0) is 19.1. The lowest BCUT2D eigenvalue weighted by Crippen LogP contribution is -2.22. The number of carbonyl (C=O) groups excluding carboxylic acids is 1. The zero-order valence-corrected chi connectivity index (χ0v) is 16.3. The highest BCUT2D eigenvalue weighted by molar-refractivity contribution is 7.71. The summed E-state index contributed by atoms with van der Waals surface area (Å²) in [6.07, 6.45) is 0. The predicted octanol–water partition coefficient (Wildman–Crippen LogP) is 3.38. The molecule has 2 aromatic heterocycles. The molecule has 27 heavy (non-hydrogen) atoms. The van der Waals surface area contributed by atoms with Crippen LogP contribution >= 0.6 is 23.6 Å². The topological polar surface area (TPSA) is 82.6 Å². The van der Waals surface area contributed by atoms with Crippen LogP contribution in [0, 0.1) is 11.7 Å². The minimum Gasteiger partial charge on any atom is -0.462 e. The maximum atomic E-state index is 13.1. The number of nitrogens with zero attached hydrogens (tertiary/aromatic N) is 1. The van der Waals surface area contributed by atoms with Crippen molar-refractivity contribution in [1.82, 2.24) is 9.55 Å². The minimum atomic E-state index is -0.433. The molecule has 0 fully saturated rings. The lowest BCUT2D eigenvalue weighted by molar-refractivity contribution is 0.0531. The Hall–Kier alpha value is -2.65. The van der Waals surface area contributed by atoms with Gasteiger partial charge in [0.2, 0.25) is 6.79 Å². The molecule has 0 saturated carbocycles. The normalized spacial score (nSPS) is 12.5. The molecule has 0 aliphatic carbocycles. The Labute approximate surface area is 163 Å². The molecule has 1 N–H and O–H groups in total. The van der Waals surface area contributed by atoms with Crippen molar-refractivity contribution in [3.05, 3.63) is 49.3 Å². The number of hydrogen-bond donors (Lipinski definition) is 1. The standard InChI is InChI=1S/C18H16N2O5S2/c1-3-23-17(22)14-9(2)13-15(27-14)19-18(26)20(16(13)21)7-10-4-5-11-12(6-10)25-8-24-11/h4-6H,3,7-8H2,1-2H3,(H,19,26). The van der Waals surface area contributed by atoms with Crippen molar-refractivity contribution < 1.29 is 19.0 Å². The SMILES string of the molecule is CCOC(=O)c1sc2[nH]c(=S)n(Cc3ccc4c(c3)OCO4)c(=O)c2c1C. The van der Waals surface area contributed by atoms with Gasteiger partial charge in [0.25, 0.3) is 5.56 Å². The number of nitrogens with one attached hydrogen (secondary N) is 1. The van der Waals surface area contributed by atoms with E-state index in [9.17, 15) is 9.59 Å². The molecular formula is C18H16N2O5S2. The Morgan fingerprint density at radius 3 is 2.93 bits per heavy atom. The van der Waals surface area contributed by atoms with Gasteiger partial charge in [0.05, 0.1) is 18.5 Å². The van der Waals surface area contributed by atoms with Gasteiger partial charge in [0.15, 0.2) is 16.3 Å². The number of rotatable bonds is 4. The molecule has 7 nitrogen and oxygen atoms in total. The molecule has 3 aromatic rings. The number of ether oxygens (including phenoxy) is 3. The van der Waals surface area contributed by atoms with Gasteiger partial charge >= 0.3 is 5.97 Å². The van der Waals surface area contributed by atoms with E-state index in [2.05, 4.69) is 4.98 Å². The highest BCUT2D eigenvalue weighted by Gasteiger charge is 2.21. The molecule has 140 valence electrons. The van der Waals surface area contributed by atoms with E-state index in [4.69, 9.17) is 26.4 Å². The predicted molar refractivity (Wildman–Crippen MR) is 104 cm³/mol. The lowest BCUT2D eigenvalue weighted by atomic mass is 10.2. The van der Waals surface area contributed by atoms with Crippen LogP contribution in [0.3, 0.4) is 0 Å². The second kappa shape index (κ2) is 6.82. The van der Waals surface area contributed by atoms with E-state index in [1.54, 1.807) is 13.8 Å². The first-order valence-electron chi connectivity index (χ1n) is 8.31. The summed E-state index contributed by atoms with van der Waals surface area (Å²) in [4.78, 5) is 29.3. The van der Waals surface area contributed by atoms with Crippen molar-refractivity contribution in [3.8, 4) is 11.5 Å². The fourth-order valence-corrected chi connectivity index (χ4v) is 4.41.